The highest BCUT2D eigenvalue weighted by molar-refractivity contribution is 5.91. The summed E-state index contributed by atoms with van der Waals surface area (Å²) >= 11 is 0. The Morgan fingerprint density at radius 2 is 1.92 bits per heavy atom. The highest BCUT2D eigenvalue weighted by Crippen LogP contribution is 2.48. The largest absolute Gasteiger partial charge is 0.359 e. The topological polar surface area (TPSA) is 99.4 Å². The van der Waals surface area contributed by atoms with E-state index in [1.165, 1.54) is 12.8 Å². The van der Waals surface area contributed by atoms with Crippen molar-refractivity contribution < 1.29 is 9.32 Å². The maximum atomic E-state index is 13.2. The highest BCUT2D eigenvalue weighted by atomic mass is 16.5. The Balaban J connectivity index is 1.32. The molecule has 2 aliphatic heterocycles. The molecule has 9 nitrogen and oxygen atoms in total. The van der Waals surface area contributed by atoms with Gasteiger partial charge in [0, 0.05) is 62.4 Å². The lowest BCUT2D eigenvalue weighted by molar-refractivity contribution is -0.128. The van der Waals surface area contributed by atoms with Crippen LogP contribution in [0.5, 0.6) is 0 Å². The average Bonchev–Trinajstić information content (AvgIpc) is 3.57. The third kappa shape index (κ3) is 4.05. The van der Waals surface area contributed by atoms with Crippen molar-refractivity contribution >= 4 is 17.5 Å². The van der Waals surface area contributed by atoms with E-state index in [-0.39, 0.29) is 5.54 Å². The van der Waals surface area contributed by atoms with Gasteiger partial charge >= 0.3 is 0 Å². The number of ketones is 1. The van der Waals surface area contributed by atoms with Crippen molar-refractivity contribution in [2.24, 2.45) is 0 Å². The second-order valence-corrected chi connectivity index (χ2v) is 12.0. The second kappa shape index (κ2) is 9.05. The maximum Gasteiger partial charge on any atom is 0.228 e. The number of rotatable bonds is 3. The molecule has 2 N–H and O–H groups in total. The number of hydrogen-bond acceptors (Lipinski definition) is 9. The molecule has 3 aliphatic carbocycles. The van der Waals surface area contributed by atoms with Gasteiger partial charge in [-0.1, -0.05) is 11.6 Å². The molecule has 9 heteroatoms. The van der Waals surface area contributed by atoms with Crippen molar-refractivity contribution in [1.29, 1.82) is 0 Å². The van der Waals surface area contributed by atoms with Gasteiger partial charge in [0.1, 0.15) is 23.0 Å². The molecule has 2 aromatic heterocycles. The van der Waals surface area contributed by atoms with E-state index in [9.17, 15) is 4.79 Å². The van der Waals surface area contributed by atoms with Gasteiger partial charge in [-0.2, -0.15) is 4.98 Å². The monoisotopic (exact) mass is 505 g/mol. The van der Waals surface area contributed by atoms with Gasteiger partial charge in [-0.05, 0) is 64.8 Å². The first-order valence-electron chi connectivity index (χ1n) is 14.5. The van der Waals surface area contributed by atoms with Crippen LogP contribution in [0.3, 0.4) is 0 Å². The smallest absolute Gasteiger partial charge is 0.228 e. The molecular formula is C28H39N7O2. The molecule has 2 aromatic rings. The van der Waals surface area contributed by atoms with E-state index in [0.717, 1.165) is 119 Å². The molecule has 5 aliphatic rings. The zero-order chi connectivity index (χ0) is 25.0. The van der Waals surface area contributed by atoms with E-state index in [4.69, 9.17) is 14.5 Å². The van der Waals surface area contributed by atoms with E-state index in [1.54, 1.807) is 0 Å². The predicted octanol–water partition coefficient (Wildman–Crippen LogP) is 2.98. The average molecular weight is 506 g/mol. The molecular weight excluding hydrogens is 466 g/mol. The van der Waals surface area contributed by atoms with Crippen molar-refractivity contribution in [2.45, 2.75) is 88.1 Å². The minimum atomic E-state index is -0.475. The molecule has 4 heterocycles. The SMILES string of the molecule is C[C@H]1CNCCCN1c1nc(-c2noc3c2CCC[C@@]32CCCCC2=O)cc(N2CCNC3(CC3)C2)n1. The number of nitrogens with zero attached hydrogens (tertiary/aromatic N) is 5. The number of nitrogens with one attached hydrogen (secondary N) is 2. The van der Waals surface area contributed by atoms with Crippen molar-refractivity contribution in [3.8, 4) is 11.4 Å². The summed E-state index contributed by atoms with van der Waals surface area (Å²) in [5, 5.41) is 11.9. The summed E-state index contributed by atoms with van der Waals surface area (Å²) in [6, 6.07) is 2.42. The van der Waals surface area contributed by atoms with Gasteiger partial charge < -0.3 is 25.0 Å². The standard InChI is InChI=1S/C28H39N7O2/c1-19-17-29-12-5-14-35(19)26-31-21(16-23(32-26)34-15-13-30-27(18-34)10-11-27)24-20-6-4-9-28(25(20)37-33-24)8-3-2-7-22(28)36/h16,19,29-30H,2-15,17-18H2,1H3/t19-,28+/m0/s1. The first kappa shape index (κ1) is 23.6. The van der Waals surface area contributed by atoms with Crippen LogP contribution in [0.15, 0.2) is 10.6 Å². The second-order valence-electron chi connectivity index (χ2n) is 12.0. The first-order valence-corrected chi connectivity index (χ1v) is 14.5. The molecule has 37 heavy (non-hydrogen) atoms. The summed E-state index contributed by atoms with van der Waals surface area (Å²) in [6.07, 6.45) is 9.90. The maximum absolute atomic E-state index is 13.2. The first-order chi connectivity index (χ1) is 18.1. The van der Waals surface area contributed by atoms with Crippen molar-refractivity contribution in [3.05, 3.63) is 17.4 Å². The fourth-order valence-corrected chi connectivity index (χ4v) is 7.18. The van der Waals surface area contributed by atoms with Crippen LogP contribution in [-0.4, -0.2) is 71.8 Å². The van der Waals surface area contributed by atoms with Crippen LogP contribution in [0.25, 0.3) is 11.4 Å². The number of carbonyl (C=O) groups excluding carboxylic acids is 1. The van der Waals surface area contributed by atoms with Crippen LogP contribution in [0.4, 0.5) is 11.8 Å². The lowest BCUT2D eigenvalue weighted by Crippen LogP contribution is -2.53. The molecule has 4 fully saturated rings. The van der Waals surface area contributed by atoms with Crippen LogP contribution < -0.4 is 20.4 Å². The molecule has 7 rings (SSSR count). The minimum Gasteiger partial charge on any atom is -0.359 e. The van der Waals surface area contributed by atoms with Gasteiger partial charge in [-0.25, -0.2) is 4.98 Å². The Morgan fingerprint density at radius 1 is 1.03 bits per heavy atom. The highest BCUT2D eigenvalue weighted by Gasteiger charge is 2.49. The van der Waals surface area contributed by atoms with Crippen LogP contribution in [0.2, 0.25) is 0 Å². The molecule has 0 aromatic carbocycles. The number of piperazine rings is 1. The predicted molar refractivity (Wildman–Crippen MR) is 142 cm³/mol. The molecule has 2 spiro atoms. The summed E-state index contributed by atoms with van der Waals surface area (Å²) in [5.41, 5.74) is 2.52. The summed E-state index contributed by atoms with van der Waals surface area (Å²) < 4.78 is 6.08. The van der Waals surface area contributed by atoms with E-state index >= 15 is 0 Å². The summed E-state index contributed by atoms with van der Waals surface area (Å²) in [5.74, 6) is 2.93. The van der Waals surface area contributed by atoms with Gasteiger partial charge in [0.15, 0.2) is 5.76 Å². The summed E-state index contributed by atoms with van der Waals surface area (Å²) in [6.45, 7) is 8.00. The van der Waals surface area contributed by atoms with Gasteiger partial charge in [-0.3, -0.25) is 4.79 Å². The lowest BCUT2D eigenvalue weighted by Gasteiger charge is -2.37. The number of carbonyl (C=O) groups is 1. The Morgan fingerprint density at radius 3 is 2.78 bits per heavy atom. The third-order valence-corrected chi connectivity index (χ3v) is 9.52. The number of anilines is 2. The summed E-state index contributed by atoms with van der Waals surface area (Å²) in [4.78, 5) is 28.3. The normalized spacial score (nSPS) is 29.4. The van der Waals surface area contributed by atoms with E-state index in [2.05, 4.69) is 38.6 Å². The van der Waals surface area contributed by atoms with E-state index in [1.807, 2.05) is 0 Å². The molecule has 0 unspecified atom stereocenters. The zero-order valence-electron chi connectivity index (χ0n) is 22.0. The fourth-order valence-electron chi connectivity index (χ4n) is 7.18. The molecule has 2 atom stereocenters. The van der Waals surface area contributed by atoms with Gasteiger partial charge in [0.2, 0.25) is 5.95 Å². The van der Waals surface area contributed by atoms with Crippen molar-refractivity contribution in [1.82, 2.24) is 25.8 Å². The Hall–Kier alpha value is -2.52. The van der Waals surface area contributed by atoms with E-state index in [0.29, 0.717) is 18.2 Å². The van der Waals surface area contributed by atoms with Gasteiger partial charge in [0.25, 0.3) is 0 Å². The molecule has 198 valence electrons. The van der Waals surface area contributed by atoms with Crippen molar-refractivity contribution in [3.63, 3.8) is 0 Å². The molecule has 2 saturated heterocycles. The lowest BCUT2D eigenvalue weighted by atomic mass is 9.64. The van der Waals surface area contributed by atoms with Crippen molar-refractivity contribution in [2.75, 3.05) is 49.1 Å². The Labute approximate surface area is 218 Å². The minimum absolute atomic E-state index is 0.254. The number of fused-ring (bicyclic) bond motifs is 2. The van der Waals surface area contributed by atoms with Gasteiger partial charge in [0.05, 0.1) is 5.41 Å². The quantitative estimate of drug-likeness (QED) is 0.652. The van der Waals surface area contributed by atoms with Gasteiger partial charge in [-0.15, -0.1) is 0 Å². The molecule has 2 saturated carbocycles. The Bertz CT molecular complexity index is 1190. The molecule has 0 bridgehead atoms. The molecule has 0 radical (unpaired) electrons. The number of aromatic nitrogens is 3. The Kier molecular flexibility index (Phi) is 5.77. The number of hydrogen-bond donors (Lipinski definition) is 2. The van der Waals surface area contributed by atoms with Crippen LogP contribution in [-0.2, 0) is 16.6 Å². The summed E-state index contributed by atoms with van der Waals surface area (Å²) in [7, 11) is 0. The van der Waals surface area contributed by atoms with Crippen LogP contribution >= 0.6 is 0 Å². The third-order valence-electron chi connectivity index (χ3n) is 9.52. The fraction of sp³-hybridized carbons (Fsp3) is 0.714. The van der Waals surface area contributed by atoms with Crippen LogP contribution in [0.1, 0.15) is 76.0 Å². The van der Waals surface area contributed by atoms with Crippen LogP contribution in [0, 0.1) is 0 Å². The zero-order valence-corrected chi connectivity index (χ0v) is 22.0. The number of Topliss-reactive ketones (excluding diaryl/α,β-unsaturated/α-hetero) is 1. The van der Waals surface area contributed by atoms with E-state index < -0.39 is 5.41 Å². The molecule has 0 amide bonds.